The van der Waals surface area contributed by atoms with Crippen molar-refractivity contribution in [1.29, 1.82) is 0 Å². The Morgan fingerprint density at radius 1 is 1.20 bits per heavy atom. The van der Waals surface area contributed by atoms with E-state index in [9.17, 15) is 9.59 Å². The molecule has 0 radical (unpaired) electrons. The average molecular weight is 278 g/mol. The molecule has 0 unspecified atom stereocenters. The first kappa shape index (κ1) is 16.2. The van der Waals surface area contributed by atoms with Crippen LogP contribution in [-0.4, -0.2) is 32.1 Å². The van der Waals surface area contributed by atoms with Crippen LogP contribution in [0.3, 0.4) is 0 Å². The standard InChI is InChI=1S/C15H22N2O3/c1-3-8-17-14(18)11-16-10-13-7-5-4-6-12(13)9-15(19)20-2/h4-7,16H,3,8-11H2,1-2H3,(H,17,18). The summed E-state index contributed by atoms with van der Waals surface area (Å²) in [5.41, 5.74) is 1.92. The minimum atomic E-state index is -0.266. The first-order valence-electron chi connectivity index (χ1n) is 6.78. The van der Waals surface area contributed by atoms with E-state index in [0.29, 0.717) is 13.1 Å². The van der Waals surface area contributed by atoms with E-state index in [-0.39, 0.29) is 24.8 Å². The largest absolute Gasteiger partial charge is 0.469 e. The van der Waals surface area contributed by atoms with Crippen molar-refractivity contribution < 1.29 is 14.3 Å². The molecular formula is C15H22N2O3. The van der Waals surface area contributed by atoms with Crippen molar-refractivity contribution in [3.8, 4) is 0 Å². The SMILES string of the molecule is CCCNC(=O)CNCc1ccccc1CC(=O)OC. The highest BCUT2D eigenvalue weighted by Crippen LogP contribution is 2.09. The van der Waals surface area contributed by atoms with E-state index in [0.717, 1.165) is 17.5 Å². The van der Waals surface area contributed by atoms with Gasteiger partial charge in [-0.1, -0.05) is 31.2 Å². The summed E-state index contributed by atoms with van der Waals surface area (Å²) in [4.78, 5) is 22.8. The molecule has 0 spiro atoms. The first-order chi connectivity index (χ1) is 9.67. The predicted molar refractivity (Wildman–Crippen MR) is 77.2 cm³/mol. The normalized spacial score (nSPS) is 10.1. The molecule has 5 heteroatoms. The van der Waals surface area contributed by atoms with Crippen LogP contribution in [0.15, 0.2) is 24.3 Å². The van der Waals surface area contributed by atoms with Crippen LogP contribution in [0.1, 0.15) is 24.5 Å². The van der Waals surface area contributed by atoms with Gasteiger partial charge < -0.3 is 15.4 Å². The molecule has 2 N–H and O–H groups in total. The molecule has 0 saturated carbocycles. The third-order valence-electron chi connectivity index (χ3n) is 2.85. The molecular weight excluding hydrogens is 256 g/mol. The summed E-state index contributed by atoms with van der Waals surface area (Å²) in [6.45, 7) is 3.52. The number of carbonyl (C=O) groups excluding carboxylic acids is 2. The molecule has 1 rings (SSSR count). The summed E-state index contributed by atoms with van der Waals surface area (Å²) < 4.78 is 4.67. The lowest BCUT2D eigenvalue weighted by molar-refractivity contribution is -0.139. The lowest BCUT2D eigenvalue weighted by atomic mass is 10.0. The van der Waals surface area contributed by atoms with E-state index in [2.05, 4.69) is 15.4 Å². The maximum absolute atomic E-state index is 11.5. The second kappa shape index (κ2) is 9.09. The van der Waals surface area contributed by atoms with E-state index >= 15 is 0 Å². The highest BCUT2D eigenvalue weighted by molar-refractivity contribution is 5.78. The van der Waals surface area contributed by atoms with Crippen LogP contribution in [0.5, 0.6) is 0 Å². The minimum Gasteiger partial charge on any atom is -0.469 e. The van der Waals surface area contributed by atoms with Crippen molar-refractivity contribution in [2.75, 3.05) is 20.2 Å². The number of methoxy groups -OCH3 is 1. The van der Waals surface area contributed by atoms with Gasteiger partial charge in [-0.25, -0.2) is 0 Å². The fourth-order valence-electron chi connectivity index (χ4n) is 1.77. The molecule has 0 atom stereocenters. The smallest absolute Gasteiger partial charge is 0.309 e. The van der Waals surface area contributed by atoms with Gasteiger partial charge >= 0.3 is 5.97 Å². The summed E-state index contributed by atoms with van der Waals surface area (Å²) in [5.74, 6) is -0.282. The predicted octanol–water partition coefficient (Wildman–Crippen LogP) is 1.02. The number of amides is 1. The summed E-state index contributed by atoms with van der Waals surface area (Å²) in [6, 6.07) is 7.63. The zero-order valence-electron chi connectivity index (χ0n) is 12.1. The van der Waals surface area contributed by atoms with Crippen molar-refractivity contribution in [2.45, 2.75) is 26.3 Å². The summed E-state index contributed by atoms with van der Waals surface area (Å²) in [7, 11) is 1.38. The van der Waals surface area contributed by atoms with Crippen LogP contribution in [0.2, 0.25) is 0 Å². The van der Waals surface area contributed by atoms with Gasteiger partial charge in [-0.3, -0.25) is 9.59 Å². The van der Waals surface area contributed by atoms with Crippen molar-refractivity contribution in [3.63, 3.8) is 0 Å². The van der Waals surface area contributed by atoms with Gasteiger partial charge in [0, 0.05) is 13.1 Å². The zero-order valence-corrected chi connectivity index (χ0v) is 12.1. The molecule has 0 aliphatic carbocycles. The maximum Gasteiger partial charge on any atom is 0.309 e. The van der Waals surface area contributed by atoms with Crippen LogP contribution in [-0.2, 0) is 27.3 Å². The molecule has 0 fully saturated rings. The van der Waals surface area contributed by atoms with Crippen LogP contribution < -0.4 is 10.6 Å². The van der Waals surface area contributed by atoms with Crippen LogP contribution >= 0.6 is 0 Å². The monoisotopic (exact) mass is 278 g/mol. The van der Waals surface area contributed by atoms with E-state index in [4.69, 9.17) is 0 Å². The van der Waals surface area contributed by atoms with Crippen molar-refractivity contribution in [2.24, 2.45) is 0 Å². The molecule has 0 saturated heterocycles. The highest BCUT2D eigenvalue weighted by atomic mass is 16.5. The Kier molecular flexibility index (Phi) is 7.35. The highest BCUT2D eigenvalue weighted by Gasteiger charge is 2.08. The molecule has 0 heterocycles. The Morgan fingerprint density at radius 3 is 2.55 bits per heavy atom. The third kappa shape index (κ3) is 5.84. The minimum absolute atomic E-state index is 0.0164. The first-order valence-corrected chi connectivity index (χ1v) is 6.78. The lowest BCUT2D eigenvalue weighted by Gasteiger charge is -2.10. The summed E-state index contributed by atoms with van der Waals surface area (Å²) in [6.07, 6.45) is 1.17. The quantitative estimate of drug-likeness (QED) is 0.697. The number of nitrogens with one attached hydrogen (secondary N) is 2. The number of hydrogen-bond donors (Lipinski definition) is 2. The van der Waals surface area contributed by atoms with Gasteiger partial charge in [-0.15, -0.1) is 0 Å². The number of benzene rings is 1. The Hall–Kier alpha value is -1.88. The summed E-state index contributed by atoms with van der Waals surface area (Å²) in [5, 5.41) is 5.88. The molecule has 20 heavy (non-hydrogen) atoms. The molecule has 0 bridgehead atoms. The fraction of sp³-hybridized carbons (Fsp3) is 0.467. The van der Waals surface area contributed by atoms with Gasteiger partial charge in [-0.05, 0) is 17.5 Å². The number of esters is 1. The average Bonchev–Trinajstić information content (AvgIpc) is 2.46. The van der Waals surface area contributed by atoms with Gasteiger partial charge in [0.05, 0.1) is 20.1 Å². The second-order valence-corrected chi connectivity index (χ2v) is 4.48. The Bertz CT molecular complexity index is 446. The van der Waals surface area contributed by atoms with E-state index in [1.54, 1.807) is 0 Å². The molecule has 0 aliphatic rings. The van der Waals surface area contributed by atoms with Gasteiger partial charge in [0.2, 0.25) is 5.91 Å². The number of ether oxygens (including phenoxy) is 1. The molecule has 5 nitrogen and oxygen atoms in total. The van der Waals surface area contributed by atoms with Crippen LogP contribution in [0, 0.1) is 0 Å². The van der Waals surface area contributed by atoms with Crippen molar-refractivity contribution in [1.82, 2.24) is 10.6 Å². The number of rotatable bonds is 8. The van der Waals surface area contributed by atoms with E-state index in [1.165, 1.54) is 7.11 Å². The molecule has 1 aromatic rings. The topological polar surface area (TPSA) is 67.4 Å². The van der Waals surface area contributed by atoms with Crippen LogP contribution in [0.25, 0.3) is 0 Å². The molecule has 0 aromatic heterocycles. The van der Waals surface area contributed by atoms with Gasteiger partial charge in [0.15, 0.2) is 0 Å². The molecule has 110 valence electrons. The Balaban J connectivity index is 2.47. The molecule has 0 aliphatic heterocycles. The maximum atomic E-state index is 11.5. The fourth-order valence-corrected chi connectivity index (χ4v) is 1.77. The zero-order chi connectivity index (χ0) is 14.8. The van der Waals surface area contributed by atoms with Gasteiger partial charge in [0.1, 0.15) is 0 Å². The van der Waals surface area contributed by atoms with E-state index in [1.807, 2.05) is 31.2 Å². The van der Waals surface area contributed by atoms with Crippen molar-refractivity contribution in [3.05, 3.63) is 35.4 Å². The molecule has 1 amide bonds. The second-order valence-electron chi connectivity index (χ2n) is 4.48. The lowest BCUT2D eigenvalue weighted by Crippen LogP contribution is -2.34. The third-order valence-corrected chi connectivity index (χ3v) is 2.85. The molecule has 1 aromatic carbocycles. The van der Waals surface area contributed by atoms with Gasteiger partial charge in [0.25, 0.3) is 0 Å². The van der Waals surface area contributed by atoms with E-state index < -0.39 is 0 Å². The van der Waals surface area contributed by atoms with Gasteiger partial charge in [-0.2, -0.15) is 0 Å². The Labute approximate surface area is 119 Å². The number of hydrogen-bond acceptors (Lipinski definition) is 4. The summed E-state index contributed by atoms with van der Waals surface area (Å²) >= 11 is 0. The van der Waals surface area contributed by atoms with Crippen molar-refractivity contribution >= 4 is 11.9 Å². The Morgan fingerprint density at radius 2 is 1.90 bits per heavy atom. The number of carbonyl (C=O) groups is 2. The van der Waals surface area contributed by atoms with Crippen LogP contribution in [0.4, 0.5) is 0 Å².